The molecule has 2 aromatic rings. The van der Waals surface area contributed by atoms with Crippen LogP contribution in [0.25, 0.3) is 10.9 Å². The molecular formula is C13H14N2O3. The Bertz CT molecular complexity index is 596. The molecule has 0 aliphatic rings. The van der Waals surface area contributed by atoms with Gasteiger partial charge < -0.3 is 9.84 Å². The molecule has 1 N–H and O–H groups in total. The molecule has 2 rings (SSSR count). The second kappa shape index (κ2) is 5.10. The molecule has 0 saturated heterocycles. The molecule has 0 fully saturated rings. The van der Waals surface area contributed by atoms with Crippen LogP contribution < -0.4 is 0 Å². The van der Waals surface area contributed by atoms with Gasteiger partial charge in [0.2, 0.25) is 0 Å². The molecule has 1 aromatic carbocycles. The van der Waals surface area contributed by atoms with E-state index in [9.17, 15) is 4.79 Å². The number of ether oxygens (including phenoxy) is 1. The number of fused-ring (bicyclic) bond motifs is 1. The lowest BCUT2D eigenvalue weighted by atomic mass is 10.0. The summed E-state index contributed by atoms with van der Waals surface area (Å²) in [5.74, 6) is -0.492. The van der Waals surface area contributed by atoms with E-state index in [4.69, 9.17) is 9.84 Å². The summed E-state index contributed by atoms with van der Waals surface area (Å²) in [5.41, 5.74) is 3.08. The number of aliphatic hydroxyl groups excluding tert-OH is 1. The Labute approximate surface area is 104 Å². The molecule has 0 unspecified atom stereocenters. The number of hydrogen-bond donors (Lipinski definition) is 1. The SMILES string of the molecule is Cc1cc(C)c2nncc(C(=O)OCCO)c2c1. The van der Waals surface area contributed by atoms with Crippen LogP contribution in [0.4, 0.5) is 0 Å². The zero-order valence-electron chi connectivity index (χ0n) is 10.3. The summed E-state index contributed by atoms with van der Waals surface area (Å²) in [5, 5.41) is 17.2. The summed E-state index contributed by atoms with van der Waals surface area (Å²) in [7, 11) is 0. The highest BCUT2D eigenvalue weighted by molar-refractivity contribution is 6.03. The van der Waals surface area contributed by atoms with Crippen molar-refractivity contribution in [3.8, 4) is 0 Å². The van der Waals surface area contributed by atoms with Crippen molar-refractivity contribution in [2.45, 2.75) is 13.8 Å². The maximum atomic E-state index is 11.8. The van der Waals surface area contributed by atoms with Gasteiger partial charge in [-0.05, 0) is 25.5 Å². The maximum Gasteiger partial charge on any atom is 0.340 e. The number of rotatable bonds is 3. The summed E-state index contributed by atoms with van der Waals surface area (Å²) in [6, 6.07) is 3.87. The minimum atomic E-state index is -0.492. The third-order valence-electron chi connectivity index (χ3n) is 2.62. The summed E-state index contributed by atoms with van der Waals surface area (Å²) >= 11 is 0. The molecule has 0 aliphatic heterocycles. The molecule has 0 saturated carbocycles. The quantitative estimate of drug-likeness (QED) is 0.829. The lowest BCUT2D eigenvalue weighted by molar-refractivity contribution is 0.0435. The van der Waals surface area contributed by atoms with E-state index < -0.39 is 5.97 Å². The van der Waals surface area contributed by atoms with Crippen molar-refractivity contribution in [2.75, 3.05) is 13.2 Å². The Morgan fingerprint density at radius 2 is 2.17 bits per heavy atom. The Morgan fingerprint density at radius 3 is 2.89 bits per heavy atom. The van der Waals surface area contributed by atoms with Gasteiger partial charge >= 0.3 is 5.97 Å². The van der Waals surface area contributed by atoms with Crippen molar-refractivity contribution >= 4 is 16.9 Å². The zero-order valence-corrected chi connectivity index (χ0v) is 10.3. The van der Waals surface area contributed by atoms with Crippen molar-refractivity contribution in [2.24, 2.45) is 0 Å². The molecule has 0 radical (unpaired) electrons. The first-order valence-corrected chi connectivity index (χ1v) is 5.64. The van der Waals surface area contributed by atoms with Crippen LogP contribution in [0.3, 0.4) is 0 Å². The van der Waals surface area contributed by atoms with Gasteiger partial charge in [0.05, 0.1) is 23.9 Å². The van der Waals surface area contributed by atoms with Gasteiger partial charge in [0, 0.05) is 5.39 Å². The number of nitrogens with zero attached hydrogens (tertiary/aromatic N) is 2. The molecule has 5 nitrogen and oxygen atoms in total. The average molecular weight is 246 g/mol. The van der Waals surface area contributed by atoms with Gasteiger partial charge in [0.1, 0.15) is 6.61 Å². The number of aliphatic hydroxyl groups is 1. The highest BCUT2D eigenvalue weighted by Gasteiger charge is 2.14. The lowest BCUT2D eigenvalue weighted by Gasteiger charge is -2.07. The Balaban J connectivity index is 2.54. The molecule has 0 bridgehead atoms. The van der Waals surface area contributed by atoms with Gasteiger partial charge in [-0.1, -0.05) is 11.6 Å². The molecule has 0 spiro atoms. The number of aromatic nitrogens is 2. The Hall–Kier alpha value is -2.01. The summed E-state index contributed by atoms with van der Waals surface area (Å²) in [6.07, 6.45) is 1.39. The highest BCUT2D eigenvalue weighted by Crippen LogP contribution is 2.21. The van der Waals surface area contributed by atoms with Crippen LogP contribution >= 0.6 is 0 Å². The molecule has 0 aliphatic carbocycles. The minimum Gasteiger partial charge on any atom is -0.460 e. The van der Waals surface area contributed by atoms with Crippen LogP contribution in [0.15, 0.2) is 18.3 Å². The molecule has 18 heavy (non-hydrogen) atoms. The number of esters is 1. The molecule has 0 atom stereocenters. The summed E-state index contributed by atoms with van der Waals surface area (Å²) in [6.45, 7) is 3.66. The molecule has 5 heteroatoms. The Kier molecular flexibility index (Phi) is 3.53. The third-order valence-corrected chi connectivity index (χ3v) is 2.62. The number of hydrogen-bond acceptors (Lipinski definition) is 5. The predicted molar refractivity (Wildman–Crippen MR) is 66.4 cm³/mol. The number of benzene rings is 1. The highest BCUT2D eigenvalue weighted by atomic mass is 16.5. The van der Waals surface area contributed by atoms with Crippen LogP contribution in [0.5, 0.6) is 0 Å². The van der Waals surface area contributed by atoms with E-state index in [-0.39, 0.29) is 13.2 Å². The van der Waals surface area contributed by atoms with Crippen LogP contribution in [-0.2, 0) is 4.74 Å². The van der Waals surface area contributed by atoms with Gasteiger partial charge in [0.25, 0.3) is 0 Å². The van der Waals surface area contributed by atoms with Gasteiger partial charge in [0.15, 0.2) is 0 Å². The largest absolute Gasteiger partial charge is 0.460 e. The summed E-state index contributed by atoms with van der Waals surface area (Å²) in [4.78, 5) is 11.8. The van der Waals surface area contributed by atoms with E-state index in [1.165, 1.54) is 6.20 Å². The van der Waals surface area contributed by atoms with E-state index >= 15 is 0 Å². The number of aryl methyl sites for hydroxylation is 2. The number of carbonyl (C=O) groups excluding carboxylic acids is 1. The van der Waals surface area contributed by atoms with Gasteiger partial charge in [-0.15, -0.1) is 0 Å². The van der Waals surface area contributed by atoms with Crippen molar-refractivity contribution in [1.82, 2.24) is 10.2 Å². The fraction of sp³-hybridized carbons (Fsp3) is 0.308. The van der Waals surface area contributed by atoms with E-state index in [0.29, 0.717) is 11.1 Å². The van der Waals surface area contributed by atoms with Crippen molar-refractivity contribution < 1.29 is 14.6 Å². The second-order valence-corrected chi connectivity index (χ2v) is 4.10. The first-order valence-electron chi connectivity index (χ1n) is 5.64. The standard InChI is InChI=1S/C13H14N2O3/c1-8-5-9(2)12-10(6-8)11(7-14-15-12)13(17)18-4-3-16/h5-7,16H,3-4H2,1-2H3. The molecular weight excluding hydrogens is 232 g/mol. The third kappa shape index (κ3) is 2.31. The smallest absolute Gasteiger partial charge is 0.340 e. The predicted octanol–water partition coefficient (Wildman–Crippen LogP) is 1.40. The number of carbonyl (C=O) groups is 1. The van der Waals surface area contributed by atoms with Crippen LogP contribution in [0.2, 0.25) is 0 Å². The van der Waals surface area contributed by atoms with E-state index in [0.717, 1.165) is 16.5 Å². The van der Waals surface area contributed by atoms with Gasteiger partial charge in [-0.3, -0.25) is 0 Å². The molecule has 1 heterocycles. The van der Waals surface area contributed by atoms with Gasteiger partial charge in [-0.2, -0.15) is 10.2 Å². The minimum absolute atomic E-state index is 0.0204. The molecule has 1 aromatic heterocycles. The molecule has 94 valence electrons. The topological polar surface area (TPSA) is 72.3 Å². The van der Waals surface area contributed by atoms with Crippen molar-refractivity contribution in [1.29, 1.82) is 0 Å². The monoisotopic (exact) mass is 246 g/mol. The summed E-state index contributed by atoms with van der Waals surface area (Å²) < 4.78 is 4.91. The second-order valence-electron chi connectivity index (χ2n) is 4.10. The van der Waals surface area contributed by atoms with Crippen LogP contribution in [-0.4, -0.2) is 34.5 Å². The van der Waals surface area contributed by atoms with Crippen LogP contribution in [0, 0.1) is 13.8 Å². The van der Waals surface area contributed by atoms with Crippen LogP contribution in [0.1, 0.15) is 21.5 Å². The first kappa shape index (κ1) is 12.4. The van der Waals surface area contributed by atoms with E-state index in [1.54, 1.807) is 0 Å². The first-order chi connectivity index (χ1) is 8.63. The lowest BCUT2D eigenvalue weighted by Crippen LogP contribution is -2.10. The van der Waals surface area contributed by atoms with E-state index in [1.807, 2.05) is 26.0 Å². The fourth-order valence-electron chi connectivity index (χ4n) is 1.89. The average Bonchev–Trinajstić information content (AvgIpc) is 2.35. The van der Waals surface area contributed by atoms with Gasteiger partial charge in [-0.25, -0.2) is 4.79 Å². The normalized spacial score (nSPS) is 10.6. The Morgan fingerprint density at radius 1 is 1.39 bits per heavy atom. The van der Waals surface area contributed by atoms with Crippen molar-refractivity contribution in [3.63, 3.8) is 0 Å². The van der Waals surface area contributed by atoms with E-state index in [2.05, 4.69) is 10.2 Å². The van der Waals surface area contributed by atoms with Crippen molar-refractivity contribution in [3.05, 3.63) is 35.0 Å². The molecule has 0 amide bonds. The fourth-order valence-corrected chi connectivity index (χ4v) is 1.89. The zero-order chi connectivity index (χ0) is 13.1. The maximum absolute atomic E-state index is 11.8.